The molecule has 2 aromatic rings. The van der Waals surface area contributed by atoms with Crippen LogP contribution in [0.4, 0.5) is 5.69 Å². The second kappa shape index (κ2) is 6.80. The third kappa shape index (κ3) is 3.45. The molecule has 0 aliphatic carbocycles. The van der Waals surface area contributed by atoms with Gasteiger partial charge in [-0.15, -0.1) is 0 Å². The van der Waals surface area contributed by atoms with Crippen molar-refractivity contribution in [2.45, 2.75) is 19.0 Å². The quantitative estimate of drug-likeness (QED) is 0.564. The van der Waals surface area contributed by atoms with Crippen LogP contribution in [-0.4, -0.2) is 29.8 Å². The van der Waals surface area contributed by atoms with Crippen LogP contribution in [0.1, 0.15) is 12.0 Å². The van der Waals surface area contributed by atoms with Gasteiger partial charge < -0.3 is 0 Å². The van der Waals surface area contributed by atoms with E-state index >= 15 is 0 Å². The van der Waals surface area contributed by atoms with E-state index < -0.39 is 6.04 Å². The molecule has 0 bridgehead atoms. The second-order valence-electron chi connectivity index (χ2n) is 5.66. The van der Waals surface area contributed by atoms with Crippen LogP contribution in [0.5, 0.6) is 0 Å². The Bertz CT molecular complexity index is 716. The summed E-state index contributed by atoms with van der Waals surface area (Å²) in [5.74, 6) is -0.282. The molecule has 1 saturated heterocycles. The topological polar surface area (TPSA) is 40.6 Å². The van der Waals surface area contributed by atoms with Crippen LogP contribution in [0.15, 0.2) is 54.6 Å². The monoisotopic (exact) mass is 420 g/mol. The average Bonchev–Trinajstić information content (AvgIpc) is 2.84. The zero-order chi connectivity index (χ0) is 16.4. The van der Waals surface area contributed by atoms with Gasteiger partial charge in [0.25, 0.3) is 5.91 Å². The third-order valence-corrected chi connectivity index (χ3v) is 4.73. The summed E-state index contributed by atoms with van der Waals surface area (Å²) in [5.41, 5.74) is 1.78. The Morgan fingerprint density at radius 2 is 1.74 bits per heavy atom. The molecular formula is C18H17IN2O2. The van der Waals surface area contributed by atoms with Crippen molar-refractivity contribution in [2.24, 2.45) is 0 Å². The summed E-state index contributed by atoms with van der Waals surface area (Å²) in [4.78, 5) is 28.3. The number of benzene rings is 2. The lowest BCUT2D eigenvalue weighted by molar-refractivity contribution is -0.122. The Balaban J connectivity index is 1.76. The Kier molecular flexibility index (Phi) is 4.77. The molecule has 4 nitrogen and oxygen atoms in total. The summed E-state index contributed by atoms with van der Waals surface area (Å²) in [5, 5.41) is 0. The Morgan fingerprint density at radius 3 is 2.39 bits per heavy atom. The molecule has 0 aromatic heterocycles. The molecule has 1 aliphatic rings. The van der Waals surface area contributed by atoms with E-state index in [4.69, 9.17) is 0 Å². The predicted molar refractivity (Wildman–Crippen MR) is 98.0 cm³/mol. The number of hydrogen-bond acceptors (Lipinski definition) is 3. The van der Waals surface area contributed by atoms with Crippen molar-refractivity contribution in [3.8, 4) is 0 Å². The van der Waals surface area contributed by atoms with Crippen molar-refractivity contribution in [2.75, 3.05) is 11.9 Å². The van der Waals surface area contributed by atoms with Gasteiger partial charge in [0.1, 0.15) is 0 Å². The number of imide groups is 1. The first-order chi connectivity index (χ1) is 11.1. The van der Waals surface area contributed by atoms with Gasteiger partial charge in [-0.2, -0.15) is 0 Å². The van der Waals surface area contributed by atoms with Gasteiger partial charge in [-0.05, 0) is 59.5 Å². The lowest BCUT2D eigenvalue weighted by Gasteiger charge is -2.23. The number of rotatable bonds is 4. The average molecular weight is 420 g/mol. The lowest BCUT2D eigenvalue weighted by atomic mass is 10.1. The number of nitrogens with zero attached hydrogens (tertiary/aromatic N) is 2. The highest BCUT2D eigenvalue weighted by Crippen LogP contribution is 2.26. The molecule has 118 valence electrons. The van der Waals surface area contributed by atoms with Gasteiger partial charge in [0, 0.05) is 10.1 Å². The number of amides is 2. The van der Waals surface area contributed by atoms with E-state index in [1.807, 2.05) is 66.5 Å². The molecule has 23 heavy (non-hydrogen) atoms. The molecule has 2 aromatic carbocycles. The fourth-order valence-corrected chi connectivity index (χ4v) is 3.16. The summed E-state index contributed by atoms with van der Waals surface area (Å²) >= 11 is 2.20. The minimum atomic E-state index is -0.401. The van der Waals surface area contributed by atoms with E-state index in [1.165, 1.54) is 4.90 Å². The summed E-state index contributed by atoms with van der Waals surface area (Å²) in [6.07, 6.45) is 0.230. The second-order valence-corrected chi connectivity index (χ2v) is 6.91. The maximum absolute atomic E-state index is 12.7. The molecule has 1 atom stereocenters. The summed E-state index contributed by atoms with van der Waals surface area (Å²) < 4.78 is 1.07. The minimum absolute atomic E-state index is 0.138. The van der Waals surface area contributed by atoms with Crippen molar-refractivity contribution in [3.05, 3.63) is 63.7 Å². The zero-order valence-corrected chi connectivity index (χ0v) is 14.9. The predicted octanol–water partition coefficient (Wildman–Crippen LogP) is 3.06. The first kappa shape index (κ1) is 16.1. The fraction of sp³-hybridized carbons (Fsp3) is 0.222. The highest BCUT2D eigenvalue weighted by Gasteiger charge is 2.41. The van der Waals surface area contributed by atoms with E-state index in [0.29, 0.717) is 12.2 Å². The minimum Gasteiger partial charge on any atom is -0.290 e. The molecule has 0 radical (unpaired) electrons. The Morgan fingerprint density at radius 1 is 1.09 bits per heavy atom. The molecule has 1 heterocycles. The molecular weight excluding hydrogens is 403 g/mol. The molecule has 1 fully saturated rings. The summed E-state index contributed by atoms with van der Waals surface area (Å²) in [6.45, 7) is 0.644. The van der Waals surface area contributed by atoms with Crippen LogP contribution in [0.3, 0.4) is 0 Å². The summed E-state index contributed by atoms with van der Waals surface area (Å²) in [7, 11) is 1.89. The first-order valence-electron chi connectivity index (χ1n) is 7.43. The van der Waals surface area contributed by atoms with E-state index in [-0.39, 0.29) is 18.2 Å². The molecule has 5 heteroatoms. The number of likely N-dealkylation sites (N-methyl/N-ethyl adjacent to an activating group) is 1. The molecule has 3 rings (SSSR count). The van der Waals surface area contributed by atoms with Gasteiger partial charge in [0.15, 0.2) is 0 Å². The van der Waals surface area contributed by atoms with Gasteiger partial charge in [-0.25, -0.2) is 4.90 Å². The number of hydrogen-bond donors (Lipinski definition) is 0. The zero-order valence-electron chi connectivity index (χ0n) is 12.8. The number of carbonyl (C=O) groups excluding carboxylic acids is 2. The molecule has 2 amide bonds. The smallest absolute Gasteiger partial charge is 0.251 e. The normalized spacial score (nSPS) is 18.0. The maximum Gasteiger partial charge on any atom is 0.251 e. The van der Waals surface area contributed by atoms with E-state index in [1.54, 1.807) is 0 Å². The lowest BCUT2D eigenvalue weighted by Crippen LogP contribution is -2.39. The van der Waals surface area contributed by atoms with Gasteiger partial charge in [0.05, 0.1) is 18.2 Å². The summed E-state index contributed by atoms with van der Waals surface area (Å²) in [6, 6.07) is 17.0. The van der Waals surface area contributed by atoms with Crippen molar-refractivity contribution < 1.29 is 9.59 Å². The van der Waals surface area contributed by atoms with E-state index in [0.717, 1.165) is 9.13 Å². The highest BCUT2D eigenvalue weighted by molar-refractivity contribution is 14.1. The van der Waals surface area contributed by atoms with Gasteiger partial charge in [0.2, 0.25) is 5.91 Å². The molecule has 0 unspecified atom stereocenters. The molecule has 0 spiro atoms. The maximum atomic E-state index is 12.7. The van der Waals surface area contributed by atoms with Gasteiger partial charge in [-0.1, -0.05) is 30.3 Å². The van der Waals surface area contributed by atoms with Crippen LogP contribution in [-0.2, 0) is 16.1 Å². The first-order valence-corrected chi connectivity index (χ1v) is 8.50. The third-order valence-electron chi connectivity index (χ3n) is 4.01. The SMILES string of the molecule is CN(Cc1ccccc1)[C@@H]1CC(=O)N(c2ccc(I)cc2)C1=O. The highest BCUT2D eigenvalue weighted by atomic mass is 127. The standard InChI is InChI=1S/C18H17IN2O2/c1-20(12-13-5-3-2-4-6-13)16-11-17(22)21(18(16)23)15-9-7-14(19)8-10-15/h2-10,16H,11-12H2,1H3/t16-/m1/s1. The van der Waals surface area contributed by atoms with Crippen LogP contribution in [0, 0.1) is 3.57 Å². The van der Waals surface area contributed by atoms with Crippen LogP contribution in [0.25, 0.3) is 0 Å². The molecule has 0 N–H and O–H groups in total. The van der Waals surface area contributed by atoms with Crippen LogP contribution < -0.4 is 4.90 Å². The molecule has 0 saturated carbocycles. The Labute approximate surface area is 149 Å². The Hall–Kier alpha value is -1.73. The van der Waals surface area contributed by atoms with Crippen molar-refractivity contribution in [1.82, 2.24) is 4.90 Å². The van der Waals surface area contributed by atoms with Crippen molar-refractivity contribution in [3.63, 3.8) is 0 Å². The van der Waals surface area contributed by atoms with Crippen molar-refractivity contribution in [1.29, 1.82) is 0 Å². The largest absolute Gasteiger partial charge is 0.290 e. The number of halogens is 1. The molecule has 1 aliphatic heterocycles. The van der Waals surface area contributed by atoms with E-state index in [2.05, 4.69) is 22.6 Å². The van der Waals surface area contributed by atoms with Crippen LogP contribution in [0.2, 0.25) is 0 Å². The van der Waals surface area contributed by atoms with Gasteiger partial charge in [-0.3, -0.25) is 14.5 Å². The number of anilines is 1. The van der Waals surface area contributed by atoms with Crippen molar-refractivity contribution >= 4 is 40.1 Å². The van der Waals surface area contributed by atoms with Gasteiger partial charge >= 0.3 is 0 Å². The van der Waals surface area contributed by atoms with E-state index in [9.17, 15) is 9.59 Å². The fourth-order valence-electron chi connectivity index (χ4n) is 2.80. The van der Waals surface area contributed by atoms with Crippen LogP contribution >= 0.6 is 22.6 Å². The number of carbonyl (C=O) groups is 2.